The highest BCUT2D eigenvalue weighted by molar-refractivity contribution is 5.75. The van der Waals surface area contributed by atoms with Gasteiger partial charge in [-0.3, -0.25) is 9.59 Å². The zero-order chi connectivity index (χ0) is 17.6. The molecule has 1 saturated carbocycles. The van der Waals surface area contributed by atoms with Crippen LogP contribution in [-0.4, -0.2) is 36.6 Å². The van der Waals surface area contributed by atoms with Gasteiger partial charge >= 0.3 is 0 Å². The summed E-state index contributed by atoms with van der Waals surface area (Å²) in [4.78, 5) is 22.2. The van der Waals surface area contributed by atoms with E-state index in [0.717, 1.165) is 37.5 Å². The van der Waals surface area contributed by atoms with E-state index < -0.39 is 0 Å². The van der Waals surface area contributed by atoms with Crippen molar-refractivity contribution in [2.75, 3.05) is 13.2 Å². The van der Waals surface area contributed by atoms with E-state index >= 15 is 0 Å². The fourth-order valence-corrected chi connectivity index (χ4v) is 3.14. The predicted molar refractivity (Wildman–Crippen MR) is 91.8 cm³/mol. The number of carbonyl (C=O) groups excluding carboxylic acids is 2. The highest BCUT2D eigenvalue weighted by Gasteiger charge is 2.30. The Morgan fingerprint density at radius 3 is 2.54 bits per heavy atom. The third-order valence-corrected chi connectivity index (χ3v) is 4.75. The Labute approximate surface area is 143 Å². The van der Waals surface area contributed by atoms with E-state index in [0.29, 0.717) is 18.8 Å². The van der Waals surface area contributed by atoms with E-state index in [1.54, 1.807) is 12.1 Å². The number of ether oxygens (including phenoxy) is 1. The molecule has 1 amide bonds. The van der Waals surface area contributed by atoms with E-state index in [2.05, 4.69) is 12.2 Å². The van der Waals surface area contributed by atoms with Crippen molar-refractivity contribution in [3.63, 3.8) is 0 Å². The molecule has 5 heteroatoms. The van der Waals surface area contributed by atoms with Crippen LogP contribution in [0.15, 0.2) is 24.3 Å². The molecular formula is C19H27NO4. The van der Waals surface area contributed by atoms with Gasteiger partial charge in [0.15, 0.2) is 0 Å². The summed E-state index contributed by atoms with van der Waals surface area (Å²) in [6, 6.07) is 6.92. The first-order chi connectivity index (χ1) is 11.4. The van der Waals surface area contributed by atoms with Crippen molar-refractivity contribution >= 4 is 12.2 Å². The second-order valence-corrected chi connectivity index (χ2v) is 7.09. The number of carbonyl (C=O) groups is 2. The van der Waals surface area contributed by atoms with Gasteiger partial charge in [-0.15, -0.1) is 0 Å². The van der Waals surface area contributed by atoms with Crippen molar-refractivity contribution in [3.05, 3.63) is 35.4 Å². The van der Waals surface area contributed by atoms with E-state index in [1.165, 1.54) is 6.92 Å². The third kappa shape index (κ3) is 5.42. The first kappa shape index (κ1) is 18.6. The number of aliphatic hydroxyl groups excluding tert-OH is 1. The predicted octanol–water partition coefficient (Wildman–Crippen LogP) is 2.63. The Kier molecular flexibility index (Phi) is 6.52. The number of amides is 1. The van der Waals surface area contributed by atoms with Crippen LogP contribution < -0.4 is 5.32 Å². The molecule has 0 bridgehead atoms. The Morgan fingerprint density at radius 1 is 1.38 bits per heavy atom. The van der Waals surface area contributed by atoms with Crippen molar-refractivity contribution in [3.8, 4) is 0 Å². The molecule has 0 aliphatic heterocycles. The summed E-state index contributed by atoms with van der Waals surface area (Å²) in [6.07, 6.45) is 4.16. The van der Waals surface area contributed by atoms with Crippen molar-refractivity contribution in [1.82, 2.24) is 5.32 Å². The van der Waals surface area contributed by atoms with Crippen molar-refractivity contribution in [1.29, 1.82) is 0 Å². The molecule has 24 heavy (non-hydrogen) atoms. The van der Waals surface area contributed by atoms with Gasteiger partial charge in [-0.05, 0) is 36.7 Å². The number of aldehydes is 1. The van der Waals surface area contributed by atoms with Gasteiger partial charge in [0, 0.05) is 12.5 Å². The minimum Gasteiger partial charge on any atom is -0.393 e. The van der Waals surface area contributed by atoms with E-state index in [4.69, 9.17) is 4.74 Å². The first-order valence-electron chi connectivity index (χ1n) is 8.50. The van der Waals surface area contributed by atoms with Crippen LogP contribution >= 0.6 is 0 Å². The van der Waals surface area contributed by atoms with Gasteiger partial charge in [-0.2, -0.15) is 0 Å². The molecule has 0 heterocycles. The monoisotopic (exact) mass is 333 g/mol. The van der Waals surface area contributed by atoms with Gasteiger partial charge in [0.2, 0.25) is 5.91 Å². The van der Waals surface area contributed by atoms with Crippen molar-refractivity contribution < 1.29 is 19.4 Å². The van der Waals surface area contributed by atoms with Crippen LogP contribution in [0.3, 0.4) is 0 Å². The molecule has 1 aromatic carbocycles. The average molecular weight is 333 g/mol. The van der Waals surface area contributed by atoms with Crippen LogP contribution in [-0.2, 0) is 9.53 Å². The van der Waals surface area contributed by atoms with Crippen LogP contribution in [0.25, 0.3) is 0 Å². The Morgan fingerprint density at radius 2 is 2.00 bits per heavy atom. The molecule has 1 aliphatic carbocycles. The second kappa shape index (κ2) is 8.40. The smallest absolute Gasteiger partial charge is 0.217 e. The summed E-state index contributed by atoms with van der Waals surface area (Å²) >= 11 is 0. The molecule has 2 rings (SSSR count). The van der Waals surface area contributed by atoms with Gasteiger partial charge in [0.1, 0.15) is 6.29 Å². The van der Waals surface area contributed by atoms with Crippen LogP contribution in [0.1, 0.15) is 61.5 Å². The molecule has 1 aromatic rings. The molecule has 1 fully saturated rings. The molecule has 0 radical (unpaired) electrons. The quantitative estimate of drug-likeness (QED) is 0.752. The Hall–Kier alpha value is -1.72. The molecule has 0 spiro atoms. The lowest BCUT2D eigenvalue weighted by atomic mass is 9.75. The lowest BCUT2D eigenvalue weighted by Gasteiger charge is -2.35. The van der Waals surface area contributed by atoms with Gasteiger partial charge in [0.05, 0.1) is 25.4 Å². The molecule has 132 valence electrons. The highest BCUT2D eigenvalue weighted by Crippen LogP contribution is 2.36. The highest BCUT2D eigenvalue weighted by atomic mass is 16.5. The summed E-state index contributed by atoms with van der Waals surface area (Å²) in [6.45, 7) is 4.67. The summed E-state index contributed by atoms with van der Waals surface area (Å²) in [5.74, 6) is -0.116. The summed E-state index contributed by atoms with van der Waals surface area (Å²) in [5.41, 5.74) is 1.61. The third-order valence-electron chi connectivity index (χ3n) is 4.75. The van der Waals surface area contributed by atoms with Crippen molar-refractivity contribution in [2.24, 2.45) is 5.41 Å². The van der Waals surface area contributed by atoms with Crippen molar-refractivity contribution in [2.45, 2.75) is 51.7 Å². The van der Waals surface area contributed by atoms with E-state index in [-0.39, 0.29) is 23.5 Å². The lowest BCUT2D eigenvalue weighted by molar-refractivity contribution is -0.120. The molecule has 2 N–H and O–H groups in total. The number of hydrogen-bond acceptors (Lipinski definition) is 4. The minimum absolute atomic E-state index is 0.0847. The molecule has 0 aromatic heterocycles. The zero-order valence-electron chi connectivity index (χ0n) is 14.5. The second-order valence-electron chi connectivity index (χ2n) is 7.09. The standard InChI is InChI=1S/C19H27NO4/c1-14(22)20-18(16-5-3-15(11-21)4-6-16)12-24-13-19(2)9-7-17(23)8-10-19/h3-6,11,17-18,23H,7-10,12-13H2,1-2H3,(H,20,22). The fraction of sp³-hybridized carbons (Fsp3) is 0.579. The molecule has 1 aliphatic rings. The Bertz CT molecular complexity index is 547. The number of rotatable bonds is 7. The molecule has 1 atom stereocenters. The van der Waals surface area contributed by atoms with Gasteiger partial charge < -0.3 is 15.2 Å². The minimum atomic E-state index is -0.235. The normalized spacial score (nSPS) is 25.0. The van der Waals surface area contributed by atoms with Crippen LogP contribution in [0, 0.1) is 5.41 Å². The first-order valence-corrected chi connectivity index (χ1v) is 8.50. The SMILES string of the molecule is CC(=O)NC(COCC1(C)CCC(O)CC1)c1ccc(C=O)cc1. The van der Waals surface area contributed by atoms with Gasteiger partial charge in [-0.1, -0.05) is 31.2 Å². The van der Waals surface area contributed by atoms with E-state index in [1.807, 2.05) is 12.1 Å². The maximum absolute atomic E-state index is 11.5. The largest absolute Gasteiger partial charge is 0.393 e. The maximum Gasteiger partial charge on any atom is 0.217 e. The zero-order valence-corrected chi connectivity index (χ0v) is 14.5. The topological polar surface area (TPSA) is 75.6 Å². The van der Waals surface area contributed by atoms with Crippen LogP contribution in [0.4, 0.5) is 0 Å². The molecular weight excluding hydrogens is 306 g/mol. The number of benzene rings is 1. The van der Waals surface area contributed by atoms with Gasteiger partial charge in [0.25, 0.3) is 0 Å². The lowest BCUT2D eigenvalue weighted by Crippen LogP contribution is -2.34. The van der Waals surface area contributed by atoms with Crippen LogP contribution in [0.2, 0.25) is 0 Å². The maximum atomic E-state index is 11.5. The molecule has 1 unspecified atom stereocenters. The summed E-state index contributed by atoms with van der Waals surface area (Å²) in [7, 11) is 0. The van der Waals surface area contributed by atoms with Crippen LogP contribution in [0.5, 0.6) is 0 Å². The number of hydrogen-bond donors (Lipinski definition) is 2. The van der Waals surface area contributed by atoms with E-state index in [9.17, 15) is 14.7 Å². The summed E-state index contributed by atoms with van der Waals surface area (Å²) < 4.78 is 5.92. The molecule has 5 nitrogen and oxygen atoms in total. The van der Waals surface area contributed by atoms with Gasteiger partial charge in [-0.25, -0.2) is 0 Å². The average Bonchev–Trinajstić information content (AvgIpc) is 2.57. The summed E-state index contributed by atoms with van der Waals surface area (Å²) in [5, 5.41) is 12.5. The number of aliphatic hydroxyl groups is 1. The number of nitrogens with one attached hydrogen (secondary N) is 1. The fourth-order valence-electron chi connectivity index (χ4n) is 3.14. The Balaban J connectivity index is 1.93. The molecule has 0 saturated heterocycles.